The highest BCUT2D eigenvalue weighted by Crippen LogP contribution is 2.31. The van der Waals surface area contributed by atoms with E-state index in [4.69, 9.17) is 9.47 Å². The minimum atomic E-state index is -1.08. The highest BCUT2D eigenvalue weighted by atomic mass is 16.6. The van der Waals surface area contributed by atoms with E-state index in [1.165, 1.54) is 12.3 Å². The van der Waals surface area contributed by atoms with Gasteiger partial charge in [0.05, 0.1) is 12.2 Å². The maximum Gasteiger partial charge on any atom is 0.408 e. The first-order valence-electron chi connectivity index (χ1n) is 16.2. The average Bonchev–Trinajstić information content (AvgIpc) is 3.09. The molecule has 7 rings (SSSR count). The van der Waals surface area contributed by atoms with E-state index in [1.807, 2.05) is 42.5 Å². The van der Waals surface area contributed by atoms with E-state index >= 15 is 0 Å². The third-order valence-corrected chi connectivity index (χ3v) is 7.67. The summed E-state index contributed by atoms with van der Waals surface area (Å²) < 4.78 is 11.5. The number of Topliss-reactive ketones (excluding diaryl/α,β-unsaturated/α-hetero) is 1. The van der Waals surface area contributed by atoms with E-state index in [0.717, 1.165) is 11.1 Å². The Morgan fingerprint density at radius 1 is 0.920 bits per heavy atom. The van der Waals surface area contributed by atoms with Gasteiger partial charge in [0.25, 0.3) is 5.91 Å². The van der Waals surface area contributed by atoms with Crippen molar-refractivity contribution < 1.29 is 33.4 Å². The van der Waals surface area contributed by atoms with Crippen LogP contribution in [0.25, 0.3) is 0 Å². The van der Waals surface area contributed by atoms with E-state index < -0.39 is 53.8 Å². The van der Waals surface area contributed by atoms with Crippen molar-refractivity contribution in [2.24, 2.45) is 0 Å². The monoisotopic (exact) mass is 677 g/mol. The maximum atomic E-state index is 13.7. The van der Waals surface area contributed by atoms with Crippen LogP contribution in [-0.2, 0) is 27.2 Å². The highest BCUT2D eigenvalue weighted by Gasteiger charge is 2.29. The summed E-state index contributed by atoms with van der Waals surface area (Å²) in [5, 5.41) is 10.9. The second-order valence-electron chi connectivity index (χ2n) is 12.8. The van der Waals surface area contributed by atoms with E-state index in [9.17, 15) is 24.0 Å². The van der Waals surface area contributed by atoms with Crippen LogP contribution in [0.5, 0.6) is 11.5 Å². The molecule has 4 amide bonds. The molecule has 12 nitrogen and oxygen atoms in total. The number of pyridine rings is 1. The Balaban J connectivity index is 1.47. The molecule has 0 aliphatic carbocycles. The summed E-state index contributed by atoms with van der Waals surface area (Å²) in [6.45, 7) is 4.76. The van der Waals surface area contributed by atoms with Gasteiger partial charge in [-0.1, -0.05) is 48.5 Å². The molecule has 2 atom stereocenters. The molecule has 4 heterocycles. The molecule has 3 aliphatic rings. The zero-order valence-corrected chi connectivity index (χ0v) is 28.0. The van der Waals surface area contributed by atoms with Gasteiger partial charge in [-0.3, -0.25) is 24.2 Å². The summed E-state index contributed by atoms with van der Waals surface area (Å²) in [5.41, 5.74) is 1.43. The lowest BCUT2D eigenvalue weighted by Crippen LogP contribution is -2.55. The number of ketones is 1. The second-order valence-corrected chi connectivity index (χ2v) is 12.8. The molecule has 0 spiro atoms. The smallest absolute Gasteiger partial charge is 0.408 e. The van der Waals surface area contributed by atoms with E-state index in [0.29, 0.717) is 12.2 Å². The van der Waals surface area contributed by atoms with Crippen LogP contribution in [0.3, 0.4) is 0 Å². The fourth-order valence-corrected chi connectivity index (χ4v) is 5.18. The van der Waals surface area contributed by atoms with Crippen LogP contribution < -0.4 is 26.0 Å². The Hall–Kier alpha value is -6.04. The number of ether oxygens (including phenoxy) is 2. The normalized spacial score (nSPS) is 16.9. The Kier molecular flexibility index (Phi) is 11.2. The minimum absolute atomic E-state index is 0.128. The summed E-state index contributed by atoms with van der Waals surface area (Å²) in [5.74, 6) is -1.40. The molecule has 50 heavy (non-hydrogen) atoms. The molecule has 0 saturated heterocycles. The zero-order chi connectivity index (χ0) is 35.7. The number of nitrogens with zero attached hydrogens (tertiary/aromatic N) is 1. The maximum absolute atomic E-state index is 13.7. The Morgan fingerprint density at radius 3 is 2.36 bits per heavy atom. The van der Waals surface area contributed by atoms with Gasteiger partial charge in [0, 0.05) is 18.2 Å². The lowest BCUT2D eigenvalue weighted by atomic mass is 10.0. The number of carbonyl (C=O) groups excluding carboxylic acids is 5. The number of nitrogens with one attached hydrogen (secondary N) is 4. The molecule has 0 unspecified atom stereocenters. The molecule has 258 valence electrons. The first-order chi connectivity index (χ1) is 23.9. The van der Waals surface area contributed by atoms with Crippen LogP contribution >= 0.6 is 0 Å². The van der Waals surface area contributed by atoms with Crippen LogP contribution in [0, 0.1) is 0 Å². The van der Waals surface area contributed by atoms with Gasteiger partial charge in [-0.05, 0) is 87.2 Å². The molecule has 4 N–H and O–H groups in total. The van der Waals surface area contributed by atoms with Crippen molar-refractivity contribution in [2.75, 3.05) is 11.9 Å². The fourth-order valence-electron chi connectivity index (χ4n) is 5.18. The van der Waals surface area contributed by atoms with Crippen LogP contribution in [-0.4, -0.2) is 58.8 Å². The van der Waals surface area contributed by atoms with Gasteiger partial charge < -0.3 is 30.7 Å². The number of amides is 4. The summed E-state index contributed by atoms with van der Waals surface area (Å²) in [6, 6.07) is 23.6. The van der Waals surface area contributed by atoms with Gasteiger partial charge in [-0.25, -0.2) is 4.79 Å². The number of hydrogen-bond donors (Lipinski definition) is 4. The molecule has 3 aromatic carbocycles. The lowest BCUT2D eigenvalue weighted by molar-refractivity contribution is -0.130. The number of hydrogen-bond acceptors (Lipinski definition) is 8. The van der Waals surface area contributed by atoms with Crippen LogP contribution in [0.1, 0.15) is 59.2 Å². The third kappa shape index (κ3) is 9.99. The van der Waals surface area contributed by atoms with Crippen molar-refractivity contribution in [1.82, 2.24) is 20.9 Å². The number of fused-ring (bicyclic) bond motifs is 2. The number of carbonyl (C=O) groups is 5. The van der Waals surface area contributed by atoms with Gasteiger partial charge in [0.1, 0.15) is 29.1 Å². The molecule has 1 aromatic heterocycles. The first kappa shape index (κ1) is 35.3. The van der Waals surface area contributed by atoms with Crippen molar-refractivity contribution in [3.05, 3.63) is 120 Å². The van der Waals surface area contributed by atoms with E-state index in [2.05, 4.69) is 26.3 Å². The number of rotatable bonds is 5. The van der Waals surface area contributed by atoms with E-state index in [-0.39, 0.29) is 35.5 Å². The first-order valence-corrected chi connectivity index (χ1v) is 16.2. The van der Waals surface area contributed by atoms with E-state index in [1.54, 1.807) is 63.2 Å². The summed E-state index contributed by atoms with van der Waals surface area (Å²) >= 11 is 0. The SMILES string of the molecule is CC(C)(C)OC(=O)N[C@H]1CCc2ccc(cc2)Oc2ccc(cc2NC(=O)c2ccccn2)C(=O)CNC(=O)[C@H](Cc2ccccc2)NC1=O. The topological polar surface area (TPSA) is 165 Å². The Morgan fingerprint density at radius 2 is 1.66 bits per heavy atom. The molecule has 3 aliphatic heterocycles. The van der Waals surface area contributed by atoms with Crippen molar-refractivity contribution in [3.8, 4) is 11.5 Å². The predicted octanol–water partition coefficient (Wildman–Crippen LogP) is 4.99. The molecule has 4 bridgehead atoms. The summed E-state index contributed by atoms with van der Waals surface area (Å²) in [6.07, 6.45) is 1.43. The van der Waals surface area contributed by atoms with Crippen LogP contribution in [0.15, 0.2) is 97.2 Å². The summed E-state index contributed by atoms with van der Waals surface area (Å²) in [4.78, 5) is 70.6. The van der Waals surface area contributed by atoms with Gasteiger partial charge in [-0.15, -0.1) is 0 Å². The van der Waals surface area contributed by atoms with Crippen molar-refractivity contribution in [1.29, 1.82) is 0 Å². The number of aromatic nitrogens is 1. The Bertz CT molecular complexity index is 1840. The van der Waals surface area contributed by atoms with Crippen LogP contribution in [0.4, 0.5) is 10.5 Å². The van der Waals surface area contributed by atoms with Gasteiger partial charge >= 0.3 is 6.09 Å². The number of aryl methyl sites for hydroxylation is 1. The zero-order valence-electron chi connectivity index (χ0n) is 28.0. The molecule has 0 saturated carbocycles. The molecular formula is C38H39N5O7. The lowest BCUT2D eigenvalue weighted by Gasteiger charge is -2.25. The minimum Gasteiger partial charge on any atom is -0.455 e. The highest BCUT2D eigenvalue weighted by molar-refractivity contribution is 6.06. The van der Waals surface area contributed by atoms with Crippen molar-refractivity contribution >= 4 is 35.3 Å². The Labute approximate surface area is 290 Å². The molecule has 0 fully saturated rings. The fraction of sp³-hybridized carbons (Fsp3) is 0.263. The summed E-state index contributed by atoms with van der Waals surface area (Å²) in [7, 11) is 0. The van der Waals surface area contributed by atoms with Gasteiger partial charge in [0.2, 0.25) is 11.8 Å². The third-order valence-electron chi connectivity index (χ3n) is 7.67. The molecule has 0 radical (unpaired) electrons. The number of alkyl carbamates (subject to hydrolysis) is 1. The second kappa shape index (κ2) is 15.9. The number of anilines is 1. The number of benzene rings is 3. The van der Waals surface area contributed by atoms with Crippen LogP contribution in [0.2, 0.25) is 0 Å². The molecule has 4 aromatic rings. The van der Waals surface area contributed by atoms with Gasteiger partial charge in [-0.2, -0.15) is 0 Å². The average molecular weight is 678 g/mol. The predicted molar refractivity (Wildman–Crippen MR) is 186 cm³/mol. The quantitative estimate of drug-likeness (QED) is 0.229. The molecule has 12 heteroatoms. The van der Waals surface area contributed by atoms with Crippen molar-refractivity contribution in [3.63, 3.8) is 0 Å². The molecular weight excluding hydrogens is 638 g/mol. The standard InChI is InChI=1S/C38H39N5O7/c1-38(2,3)50-37(48)43-29-18-14-24-12-16-27(17-13-24)49-33-19-15-26(22-30(33)41-35(46)28-11-7-8-20-39-28)32(44)23-40-34(45)31(42-36(29)47)21-25-9-5-4-6-10-25/h4-13,15-17,19-20,22,29,31H,14,18,21,23H2,1-3H3,(H,40,45)(H,41,46)(H,42,47)(H,43,48)/t29-,31-/m0/s1. The van der Waals surface area contributed by atoms with Gasteiger partial charge in [0.15, 0.2) is 11.5 Å². The largest absolute Gasteiger partial charge is 0.455 e. The van der Waals surface area contributed by atoms with Crippen molar-refractivity contribution in [2.45, 2.75) is 57.7 Å².